The number of methoxy groups -OCH3 is 1. The second-order valence-electron chi connectivity index (χ2n) is 10.7. The van der Waals surface area contributed by atoms with Gasteiger partial charge in [-0.3, -0.25) is 4.90 Å². The number of benzene rings is 1. The quantitative estimate of drug-likeness (QED) is 0.625. The van der Waals surface area contributed by atoms with Crippen molar-refractivity contribution in [1.82, 2.24) is 9.80 Å². The van der Waals surface area contributed by atoms with Crippen LogP contribution in [0.15, 0.2) is 12.1 Å². The number of rotatable bonds is 2. The molecule has 0 radical (unpaired) electrons. The molecule has 1 spiro atoms. The minimum atomic E-state index is -0.496. The van der Waals surface area contributed by atoms with E-state index < -0.39 is 11.6 Å². The average Bonchev–Trinajstić information content (AvgIpc) is 3.15. The first-order valence-electron chi connectivity index (χ1n) is 11.7. The molecule has 6 nitrogen and oxygen atoms in total. The summed E-state index contributed by atoms with van der Waals surface area (Å²) < 4.78 is 25.1. The third-order valence-electron chi connectivity index (χ3n) is 7.41. The molecular formula is C25H35FN2O4. The number of fused-ring (bicyclic) bond motifs is 1. The first-order valence-corrected chi connectivity index (χ1v) is 11.7. The van der Waals surface area contributed by atoms with E-state index in [1.54, 1.807) is 6.07 Å². The van der Waals surface area contributed by atoms with Gasteiger partial charge in [0.05, 0.1) is 12.7 Å². The van der Waals surface area contributed by atoms with Crippen molar-refractivity contribution in [3.05, 3.63) is 34.6 Å². The summed E-state index contributed by atoms with van der Waals surface area (Å²) in [6.07, 6.45) is 5.92. The summed E-state index contributed by atoms with van der Waals surface area (Å²) in [6.45, 7) is 8.65. The van der Waals surface area contributed by atoms with E-state index in [0.717, 1.165) is 63.7 Å². The lowest BCUT2D eigenvalue weighted by atomic mass is 9.77. The molecular weight excluding hydrogens is 411 g/mol. The standard InChI is InChI=1S/C25H35FN2O4/c1-24(2,3)32-23(30)27-11-8-25(9-12-27)7-5-19(15-25)28-10-6-17-13-18(22(29)31-4)14-21(26)20(17)16-28/h13-14,19H,5-12,15-16H2,1-4H3. The van der Waals surface area contributed by atoms with Crippen molar-refractivity contribution in [3.8, 4) is 0 Å². The summed E-state index contributed by atoms with van der Waals surface area (Å²) in [4.78, 5) is 28.4. The molecule has 1 unspecified atom stereocenters. The van der Waals surface area contributed by atoms with Crippen molar-refractivity contribution in [2.24, 2.45) is 5.41 Å². The fourth-order valence-electron chi connectivity index (χ4n) is 5.62. The van der Waals surface area contributed by atoms with Gasteiger partial charge in [0.1, 0.15) is 11.4 Å². The van der Waals surface area contributed by atoms with Crippen molar-refractivity contribution in [2.45, 2.75) is 77.5 Å². The van der Waals surface area contributed by atoms with E-state index in [9.17, 15) is 14.0 Å². The molecule has 32 heavy (non-hydrogen) atoms. The Balaban J connectivity index is 1.36. The monoisotopic (exact) mass is 446 g/mol. The summed E-state index contributed by atoms with van der Waals surface area (Å²) in [6, 6.07) is 3.52. The lowest BCUT2D eigenvalue weighted by Gasteiger charge is -2.41. The van der Waals surface area contributed by atoms with Gasteiger partial charge < -0.3 is 14.4 Å². The Morgan fingerprint density at radius 3 is 2.50 bits per heavy atom. The van der Waals surface area contributed by atoms with Crippen LogP contribution in [0, 0.1) is 11.2 Å². The number of hydrogen-bond acceptors (Lipinski definition) is 5. The fourth-order valence-corrected chi connectivity index (χ4v) is 5.62. The van der Waals surface area contributed by atoms with Gasteiger partial charge in [-0.1, -0.05) is 0 Å². The van der Waals surface area contributed by atoms with Gasteiger partial charge in [-0.25, -0.2) is 14.0 Å². The van der Waals surface area contributed by atoms with Crippen molar-refractivity contribution in [1.29, 1.82) is 0 Å². The van der Waals surface area contributed by atoms with Gasteiger partial charge in [-0.2, -0.15) is 0 Å². The summed E-state index contributed by atoms with van der Waals surface area (Å²) >= 11 is 0. The molecule has 2 heterocycles. The smallest absolute Gasteiger partial charge is 0.410 e. The van der Waals surface area contributed by atoms with E-state index in [1.165, 1.54) is 13.2 Å². The molecule has 1 aliphatic carbocycles. The van der Waals surface area contributed by atoms with Crippen LogP contribution in [0.3, 0.4) is 0 Å². The van der Waals surface area contributed by atoms with Gasteiger partial charge in [0.15, 0.2) is 0 Å². The summed E-state index contributed by atoms with van der Waals surface area (Å²) in [5, 5.41) is 0. The summed E-state index contributed by atoms with van der Waals surface area (Å²) in [5.74, 6) is -0.810. The average molecular weight is 447 g/mol. The Morgan fingerprint density at radius 1 is 1.12 bits per heavy atom. The van der Waals surface area contributed by atoms with Crippen LogP contribution in [0.1, 0.15) is 74.4 Å². The van der Waals surface area contributed by atoms with Crippen molar-refractivity contribution >= 4 is 12.1 Å². The molecule has 0 aromatic heterocycles. The van der Waals surface area contributed by atoms with Gasteiger partial charge >= 0.3 is 12.1 Å². The van der Waals surface area contributed by atoms with Crippen LogP contribution in [0.2, 0.25) is 0 Å². The van der Waals surface area contributed by atoms with E-state index in [4.69, 9.17) is 9.47 Å². The predicted octanol–water partition coefficient (Wildman–Crippen LogP) is 4.54. The van der Waals surface area contributed by atoms with Crippen molar-refractivity contribution in [2.75, 3.05) is 26.7 Å². The van der Waals surface area contributed by atoms with E-state index in [2.05, 4.69) is 4.90 Å². The maximum atomic E-state index is 14.8. The Kier molecular flexibility index (Phi) is 6.23. The van der Waals surface area contributed by atoms with Gasteiger partial charge in [0.2, 0.25) is 0 Å². The number of piperidine rings is 1. The Bertz CT molecular complexity index is 887. The molecule has 1 saturated carbocycles. The number of esters is 1. The second kappa shape index (κ2) is 8.65. The Labute approximate surface area is 190 Å². The zero-order valence-electron chi connectivity index (χ0n) is 19.7. The highest BCUT2D eigenvalue weighted by Gasteiger charge is 2.44. The molecule has 1 saturated heterocycles. The fraction of sp³-hybridized carbons (Fsp3) is 0.680. The highest BCUT2D eigenvalue weighted by atomic mass is 19.1. The predicted molar refractivity (Wildman–Crippen MR) is 119 cm³/mol. The SMILES string of the molecule is COC(=O)c1cc(F)c2c(c1)CCN(C1CCC3(CCN(C(=O)OC(C)(C)C)CC3)C1)C2. The van der Waals surface area contributed by atoms with Gasteiger partial charge in [0.25, 0.3) is 0 Å². The Morgan fingerprint density at radius 2 is 1.84 bits per heavy atom. The maximum Gasteiger partial charge on any atom is 0.410 e. The zero-order chi connectivity index (χ0) is 23.1. The highest BCUT2D eigenvalue weighted by molar-refractivity contribution is 5.89. The third-order valence-corrected chi connectivity index (χ3v) is 7.41. The van der Waals surface area contributed by atoms with Crippen LogP contribution in [-0.4, -0.2) is 60.2 Å². The van der Waals surface area contributed by atoms with Crippen LogP contribution >= 0.6 is 0 Å². The van der Waals surface area contributed by atoms with Crippen LogP contribution in [0.4, 0.5) is 9.18 Å². The molecule has 1 atom stereocenters. The molecule has 2 fully saturated rings. The Hall–Kier alpha value is -2.15. The van der Waals surface area contributed by atoms with E-state index in [-0.39, 0.29) is 22.9 Å². The van der Waals surface area contributed by atoms with Crippen molar-refractivity contribution < 1.29 is 23.5 Å². The van der Waals surface area contributed by atoms with Gasteiger partial charge in [-0.15, -0.1) is 0 Å². The summed E-state index contributed by atoms with van der Waals surface area (Å²) in [7, 11) is 1.31. The molecule has 7 heteroatoms. The molecule has 4 rings (SSSR count). The zero-order valence-corrected chi connectivity index (χ0v) is 19.7. The van der Waals surface area contributed by atoms with Crippen LogP contribution in [0.25, 0.3) is 0 Å². The minimum absolute atomic E-state index is 0.212. The molecule has 176 valence electrons. The normalized spacial score (nSPS) is 23.2. The van der Waals surface area contributed by atoms with Crippen molar-refractivity contribution in [3.63, 3.8) is 0 Å². The van der Waals surface area contributed by atoms with E-state index in [1.807, 2.05) is 25.7 Å². The lowest BCUT2D eigenvalue weighted by molar-refractivity contribution is 0.00960. The molecule has 1 aromatic rings. The molecule has 2 aliphatic heterocycles. The molecule has 1 amide bonds. The molecule has 3 aliphatic rings. The second-order valence-corrected chi connectivity index (χ2v) is 10.7. The number of nitrogens with zero attached hydrogens (tertiary/aromatic N) is 2. The lowest BCUT2D eigenvalue weighted by Crippen LogP contribution is -2.45. The first-order chi connectivity index (χ1) is 15.1. The number of likely N-dealkylation sites (tertiary alicyclic amines) is 1. The number of amides is 1. The largest absolute Gasteiger partial charge is 0.465 e. The molecule has 1 aromatic carbocycles. The number of carbonyl (C=O) groups excluding carboxylic acids is 2. The molecule has 0 N–H and O–H groups in total. The van der Waals surface area contributed by atoms with Crippen LogP contribution in [0.5, 0.6) is 0 Å². The maximum absolute atomic E-state index is 14.8. The number of hydrogen-bond donors (Lipinski definition) is 0. The van der Waals surface area contributed by atoms with E-state index in [0.29, 0.717) is 18.2 Å². The van der Waals surface area contributed by atoms with Gasteiger partial charge in [0, 0.05) is 37.8 Å². The third kappa shape index (κ3) is 4.77. The van der Waals surface area contributed by atoms with E-state index >= 15 is 0 Å². The topological polar surface area (TPSA) is 59.1 Å². The summed E-state index contributed by atoms with van der Waals surface area (Å²) in [5.41, 5.74) is 1.72. The van der Waals surface area contributed by atoms with Crippen LogP contribution < -0.4 is 0 Å². The number of carbonyl (C=O) groups is 2. The first kappa shape index (κ1) is 23.0. The highest BCUT2D eigenvalue weighted by Crippen LogP contribution is 2.48. The number of ether oxygens (including phenoxy) is 2. The number of halogens is 1. The van der Waals surface area contributed by atoms with Crippen LogP contribution in [-0.2, 0) is 22.4 Å². The minimum Gasteiger partial charge on any atom is -0.465 e. The molecule has 0 bridgehead atoms. The van der Waals surface area contributed by atoms with Gasteiger partial charge in [-0.05, 0) is 82.4 Å².